The van der Waals surface area contributed by atoms with Crippen LogP contribution < -0.4 is 11.1 Å². The summed E-state index contributed by atoms with van der Waals surface area (Å²) >= 11 is 1.35. The van der Waals surface area contributed by atoms with Crippen LogP contribution in [-0.2, 0) is 16.1 Å². The van der Waals surface area contributed by atoms with E-state index >= 15 is 0 Å². The maximum absolute atomic E-state index is 12.1. The second-order valence-corrected chi connectivity index (χ2v) is 5.25. The Bertz CT molecular complexity index is 699. The molecule has 0 spiro atoms. The molecule has 3 N–H and O–H groups in total. The predicted molar refractivity (Wildman–Crippen MR) is 87.2 cm³/mol. The van der Waals surface area contributed by atoms with E-state index in [4.69, 9.17) is 10.5 Å². The van der Waals surface area contributed by atoms with Crippen molar-refractivity contribution in [1.82, 2.24) is 14.8 Å². The number of nitrogens with two attached hydrogens (primary N) is 1. The Hall–Kier alpha value is -2.55. The molecule has 1 amide bonds. The second-order valence-electron chi connectivity index (χ2n) is 4.48. The van der Waals surface area contributed by atoms with Crippen molar-refractivity contribution in [2.45, 2.75) is 18.6 Å². The molecule has 0 saturated heterocycles. The number of carbonyl (C=O) groups excluding carboxylic acids is 2. The first kappa shape index (κ1) is 16.8. The first-order valence-corrected chi connectivity index (χ1v) is 8.07. The number of esters is 1. The Labute approximate surface area is 137 Å². The molecule has 0 fully saturated rings. The summed E-state index contributed by atoms with van der Waals surface area (Å²) in [5.74, 6) is -0.481. The first-order valence-electron chi connectivity index (χ1n) is 6.84. The van der Waals surface area contributed by atoms with Gasteiger partial charge in [0.2, 0.25) is 11.9 Å². The van der Waals surface area contributed by atoms with Crippen molar-refractivity contribution < 1.29 is 14.3 Å². The topological polar surface area (TPSA) is 112 Å². The van der Waals surface area contributed by atoms with Gasteiger partial charge in [-0.25, -0.2) is 4.79 Å². The van der Waals surface area contributed by atoms with Gasteiger partial charge in [0.1, 0.15) is 6.54 Å². The highest BCUT2D eigenvalue weighted by Crippen LogP contribution is 2.15. The highest BCUT2D eigenvalue weighted by molar-refractivity contribution is 7.98. The summed E-state index contributed by atoms with van der Waals surface area (Å²) < 4.78 is 6.42. The highest BCUT2D eigenvalue weighted by atomic mass is 32.2. The molecule has 23 heavy (non-hydrogen) atoms. The fourth-order valence-corrected chi connectivity index (χ4v) is 2.35. The van der Waals surface area contributed by atoms with Gasteiger partial charge in [-0.05, 0) is 37.4 Å². The minimum atomic E-state index is -0.396. The summed E-state index contributed by atoms with van der Waals surface area (Å²) in [6.07, 6.45) is 1.83. The summed E-state index contributed by atoms with van der Waals surface area (Å²) in [5, 5.41) is 10.9. The molecule has 2 aromatic rings. The molecule has 0 saturated carbocycles. The van der Waals surface area contributed by atoms with E-state index in [0.29, 0.717) is 23.0 Å². The van der Waals surface area contributed by atoms with E-state index in [1.807, 2.05) is 6.26 Å². The van der Waals surface area contributed by atoms with Crippen molar-refractivity contribution >= 4 is 35.3 Å². The van der Waals surface area contributed by atoms with Crippen molar-refractivity contribution in [3.05, 3.63) is 29.8 Å². The molecule has 8 nitrogen and oxygen atoms in total. The predicted octanol–water partition coefficient (Wildman–Crippen LogP) is 1.40. The van der Waals surface area contributed by atoms with E-state index in [2.05, 4.69) is 15.5 Å². The average molecular weight is 335 g/mol. The molecule has 0 unspecified atom stereocenters. The zero-order chi connectivity index (χ0) is 16.8. The van der Waals surface area contributed by atoms with Crippen LogP contribution in [0, 0.1) is 0 Å². The van der Waals surface area contributed by atoms with Gasteiger partial charge >= 0.3 is 5.97 Å². The zero-order valence-corrected chi connectivity index (χ0v) is 13.6. The van der Waals surface area contributed by atoms with Gasteiger partial charge in [0.05, 0.1) is 12.2 Å². The number of benzene rings is 1. The van der Waals surface area contributed by atoms with Gasteiger partial charge in [-0.3, -0.25) is 9.36 Å². The van der Waals surface area contributed by atoms with Gasteiger partial charge < -0.3 is 15.8 Å². The third-order valence-electron chi connectivity index (χ3n) is 2.91. The van der Waals surface area contributed by atoms with Gasteiger partial charge in [0.15, 0.2) is 5.16 Å². The third kappa shape index (κ3) is 4.22. The lowest BCUT2D eigenvalue weighted by atomic mass is 10.2. The van der Waals surface area contributed by atoms with E-state index in [0.717, 1.165) is 0 Å². The molecule has 0 bridgehead atoms. The number of rotatable bonds is 6. The molecule has 1 heterocycles. The van der Waals surface area contributed by atoms with Gasteiger partial charge in [-0.15, -0.1) is 10.2 Å². The standard InChI is InChI=1S/C14H17N5O3S/c1-3-22-12(21)9-4-6-10(7-5-9)16-11(20)8-19-13(15)17-18-14(19)23-2/h4-7H,3,8H2,1-2H3,(H2,15,17)(H,16,20). The molecule has 9 heteroatoms. The van der Waals surface area contributed by atoms with Crippen molar-refractivity contribution in [2.75, 3.05) is 23.9 Å². The number of aromatic nitrogens is 3. The third-order valence-corrected chi connectivity index (χ3v) is 3.58. The van der Waals surface area contributed by atoms with E-state index in [-0.39, 0.29) is 18.4 Å². The summed E-state index contributed by atoms with van der Waals surface area (Å²) in [5.41, 5.74) is 6.68. The Morgan fingerprint density at radius 1 is 1.30 bits per heavy atom. The monoisotopic (exact) mass is 335 g/mol. The molecule has 0 aliphatic carbocycles. The molecule has 0 aliphatic heterocycles. The molecule has 0 radical (unpaired) electrons. The summed E-state index contributed by atoms with van der Waals surface area (Å²) in [4.78, 5) is 23.6. The highest BCUT2D eigenvalue weighted by Gasteiger charge is 2.13. The minimum absolute atomic E-state index is 0.00857. The molecule has 1 aromatic heterocycles. The first-order chi connectivity index (χ1) is 11.0. The summed E-state index contributed by atoms with van der Waals surface area (Å²) in [6, 6.07) is 6.45. The number of carbonyl (C=O) groups is 2. The van der Waals surface area contributed by atoms with Gasteiger partial charge in [0, 0.05) is 5.69 Å². The number of thioether (sulfide) groups is 1. The number of nitrogens with zero attached hydrogens (tertiary/aromatic N) is 3. The number of ether oxygens (including phenoxy) is 1. The van der Waals surface area contributed by atoms with Crippen LogP contribution in [0.25, 0.3) is 0 Å². The quantitative estimate of drug-likeness (QED) is 0.606. The maximum Gasteiger partial charge on any atom is 0.338 e. The number of nitrogen functional groups attached to an aromatic ring is 1. The number of nitrogens with one attached hydrogen (secondary N) is 1. The van der Waals surface area contributed by atoms with Crippen LogP contribution in [-0.4, -0.2) is 39.5 Å². The number of hydrogen-bond acceptors (Lipinski definition) is 7. The molecule has 122 valence electrons. The van der Waals surface area contributed by atoms with Crippen molar-refractivity contribution in [1.29, 1.82) is 0 Å². The number of anilines is 2. The Balaban J connectivity index is 2.00. The van der Waals surface area contributed by atoms with E-state index in [9.17, 15) is 9.59 Å². The molecule has 2 rings (SSSR count). The second kappa shape index (κ2) is 7.63. The van der Waals surface area contributed by atoms with E-state index < -0.39 is 5.97 Å². The summed E-state index contributed by atoms with van der Waals surface area (Å²) in [7, 11) is 0. The van der Waals surface area contributed by atoms with Gasteiger partial charge in [-0.1, -0.05) is 11.8 Å². The fourth-order valence-electron chi connectivity index (χ4n) is 1.85. The largest absolute Gasteiger partial charge is 0.462 e. The minimum Gasteiger partial charge on any atom is -0.462 e. The van der Waals surface area contributed by atoms with Crippen LogP contribution in [0.5, 0.6) is 0 Å². The van der Waals surface area contributed by atoms with Crippen LogP contribution >= 0.6 is 11.8 Å². The van der Waals surface area contributed by atoms with Crippen molar-refractivity contribution in [3.8, 4) is 0 Å². The SMILES string of the molecule is CCOC(=O)c1ccc(NC(=O)Cn2c(N)nnc2SC)cc1. The zero-order valence-electron chi connectivity index (χ0n) is 12.8. The van der Waals surface area contributed by atoms with Crippen LogP contribution in [0.2, 0.25) is 0 Å². The van der Waals surface area contributed by atoms with E-state index in [1.54, 1.807) is 31.2 Å². The van der Waals surface area contributed by atoms with Crippen LogP contribution in [0.4, 0.5) is 11.6 Å². The lowest BCUT2D eigenvalue weighted by Gasteiger charge is -2.09. The van der Waals surface area contributed by atoms with E-state index in [1.165, 1.54) is 16.3 Å². The van der Waals surface area contributed by atoms with Crippen LogP contribution in [0.3, 0.4) is 0 Å². The fraction of sp³-hybridized carbons (Fsp3) is 0.286. The van der Waals surface area contributed by atoms with Crippen LogP contribution in [0.1, 0.15) is 17.3 Å². The smallest absolute Gasteiger partial charge is 0.338 e. The molecule has 0 atom stereocenters. The maximum atomic E-state index is 12.1. The Kier molecular flexibility index (Phi) is 5.58. The van der Waals surface area contributed by atoms with Crippen molar-refractivity contribution in [3.63, 3.8) is 0 Å². The van der Waals surface area contributed by atoms with Crippen LogP contribution in [0.15, 0.2) is 29.4 Å². The molecule has 1 aromatic carbocycles. The molecular weight excluding hydrogens is 318 g/mol. The molecular formula is C14H17N5O3S. The average Bonchev–Trinajstić information content (AvgIpc) is 2.88. The van der Waals surface area contributed by atoms with Gasteiger partial charge in [0.25, 0.3) is 0 Å². The lowest BCUT2D eigenvalue weighted by molar-refractivity contribution is -0.116. The van der Waals surface area contributed by atoms with Gasteiger partial charge in [-0.2, -0.15) is 0 Å². The number of hydrogen-bond donors (Lipinski definition) is 2. The summed E-state index contributed by atoms with van der Waals surface area (Å²) in [6.45, 7) is 2.07. The lowest BCUT2D eigenvalue weighted by Crippen LogP contribution is -2.20. The normalized spacial score (nSPS) is 10.3. The van der Waals surface area contributed by atoms with Crippen molar-refractivity contribution in [2.24, 2.45) is 0 Å². The Morgan fingerprint density at radius 2 is 2.00 bits per heavy atom. The molecule has 0 aliphatic rings. The number of amides is 1. The Morgan fingerprint density at radius 3 is 2.61 bits per heavy atom.